The maximum absolute atomic E-state index is 11.5. The van der Waals surface area contributed by atoms with Gasteiger partial charge in [0.05, 0.1) is 23.7 Å². The summed E-state index contributed by atoms with van der Waals surface area (Å²) < 4.78 is 13.4. The van der Waals surface area contributed by atoms with Crippen LogP contribution >= 0.6 is 0 Å². The Kier molecular flexibility index (Phi) is 5.90. The monoisotopic (exact) mass is 352 g/mol. The summed E-state index contributed by atoms with van der Waals surface area (Å²) >= 11 is 0. The van der Waals surface area contributed by atoms with Gasteiger partial charge in [-0.05, 0) is 38.5 Å². The quantitative estimate of drug-likeness (QED) is 0.578. The molecule has 140 valence electrons. The lowest BCUT2D eigenvalue weighted by atomic mass is 10.1. The number of piperidine rings is 1. The zero-order valence-electron chi connectivity index (χ0n) is 15.1. The largest absolute Gasteiger partial charge is 0.376 e. The molecular weight excluding hydrogens is 324 g/mol. The summed E-state index contributed by atoms with van der Waals surface area (Å²) in [6.45, 7) is 4.90. The zero-order valence-corrected chi connectivity index (χ0v) is 15.1. The molecule has 1 aromatic heterocycles. The lowest BCUT2D eigenvalue weighted by Gasteiger charge is -2.33. The van der Waals surface area contributed by atoms with E-state index in [0.29, 0.717) is 24.5 Å². The molecule has 1 atom stereocenters. The Morgan fingerprint density at radius 3 is 2.68 bits per heavy atom. The fourth-order valence-electron chi connectivity index (χ4n) is 3.75. The van der Waals surface area contributed by atoms with Crippen LogP contribution in [0.25, 0.3) is 0 Å². The van der Waals surface area contributed by atoms with Crippen LogP contribution in [0.4, 0.5) is 11.5 Å². The highest BCUT2D eigenvalue weighted by Gasteiger charge is 2.32. The van der Waals surface area contributed by atoms with Gasteiger partial charge in [-0.2, -0.15) is 5.10 Å². The van der Waals surface area contributed by atoms with Crippen molar-refractivity contribution in [2.24, 2.45) is 7.05 Å². The van der Waals surface area contributed by atoms with Gasteiger partial charge >= 0.3 is 5.69 Å². The third-order valence-corrected chi connectivity index (χ3v) is 5.11. The van der Waals surface area contributed by atoms with E-state index in [1.54, 1.807) is 11.7 Å². The Morgan fingerprint density at radius 1 is 1.32 bits per heavy atom. The molecule has 0 aliphatic carbocycles. The molecule has 2 aliphatic rings. The maximum atomic E-state index is 11.5. The highest BCUT2D eigenvalue weighted by molar-refractivity contribution is 5.61. The minimum Gasteiger partial charge on any atom is -0.376 e. The van der Waals surface area contributed by atoms with E-state index in [9.17, 15) is 10.1 Å². The van der Waals surface area contributed by atoms with Crippen molar-refractivity contribution < 1.29 is 14.4 Å². The van der Waals surface area contributed by atoms with Gasteiger partial charge in [0, 0.05) is 26.7 Å². The number of ether oxygens (including phenoxy) is 2. The van der Waals surface area contributed by atoms with Crippen molar-refractivity contribution in [2.75, 3.05) is 31.2 Å². The fraction of sp³-hybridized carbons (Fsp3) is 0.824. The van der Waals surface area contributed by atoms with E-state index in [2.05, 4.69) is 10.00 Å². The molecule has 0 bridgehead atoms. The summed E-state index contributed by atoms with van der Waals surface area (Å²) in [4.78, 5) is 13.3. The van der Waals surface area contributed by atoms with Gasteiger partial charge in [-0.25, -0.2) is 4.68 Å². The van der Waals surface area contributed by atoms with Gasteiger partial charge in [0.2, 0.25) is 5.82 Å². The lowest BCUT2D eigenvalue weighted by molar-refractivity contribution is -0.384. The number of anilines is 1. The Labute approximate surface area is 148 Å². The highest BCUT2D eigenvalue weighted by atomic mass is 16.6. The maximum Gasteiger partial charge on any atom is 0.334 e. The molecule has 0 spiro atoms. The first kappa shape index (κ1) is 18.1. The second-order valence-corrected chi connectivity index (χ2v) is 6.86. The van der Waals surface area contributed by atoms with Crippen molar-refractivity contribution in [1.82, 2.24) is 9.78 Å². The first-order valence-electron chi connectivity index (χ1n) is 9.28. The third kappa shape index (κ3) is 4.12. The summed E-state index contributed by atoms with van der Waals surface area (Å²) in [7, 11) is 1.78. The topological polar surface area (TPSA) is 82.7 Å². The van der Waals surface area contributed by atoms with Crippen LogP contribution in [0.5, 0.6) is 0 Å². The van der Waals surface area contributed by atoms with E-state index in [1.165, 1.54) is 6.42 Å². The van der Waals surface area contributed by atoms with Crippen LogP contribution in [-0.2, 0) is 22.9 Å². The van der Waals surface area contributed by atoms with Gasteiger partial charge in [0.15, 0.2) is 0 Å². The molecular formula is C17H28N4O4. The molecule has 3 heterocycles. The van der Waals surface area contributed by atoms with E-state index in [4.69, 9.17) is 9.47 Å². The first-order chi connectivity index (χ1) is 12.1. The molecule has 8 heteroatoms. The molecule has 25 heavy (non-hydrogen) atoms. The molecule has 1 aromatic rings. The average Bonchev–Trinajstić information content (AvgIpc) is 2.98. The van der Waals surface area contributed by atoms with E-state index in [1.807, 2.05) is 6.92 Å². The molecule has 8 nitrogen and oxygen atoms in total. The Bertz CT molecular complexity index is 590. The Hall–Kier alpha value is -1.67. The van der Waals surface area contributed by atoms with Crippen LogP contribution in [0.1, 0.15) is 44.7 Å². The van der Waals surface area contributed by atoms with Crippen molar-refractivity contribution in [2.45, 2.75) is 57.7 Å². The van der Waals surface area contributed by atoms with Gasteiger partial charge in [-0.1, -0.05) is 6.92 Å². The molecule has 2 fully saturated rings. The van der Waals surface area contributed by atoms with Crippen molar-refractivity contribution in [3.63, 3.8) is 0 Å². The normalized spacial score (nSPS) is 22.3. The van der Waals surface area contributed by atoms with Crippen LogP contribution in [0, 0.1) is 10.1 Å². The second kappa shape index (κ2) is 8.14. The van der Waals surface area contributed by atoms with Gasteiger partial charge in [0.25, 0.3) is 0 Å². The van der Waals surface area contributed by atoms with E-state index < -0.39 is 0 Å². The standard InChI is InChI=1S/C17H28N4O4/c1-3-15-16(21(22)23)17(19(2)18-15)20-9-7-13(8-10-20)25-12-14-6-4-5-11-24-14/h13-14H,3-12H2,1-2H3. The molecule has 0 aromatic carbocycles. The SMILES string of the molecule is CCc1nn(C)c(N2CCC(OCC3CCCCO3)CC2)c1[N+](=O)[O-]. The van der Waals surface area contributed by atoms with E-state index in [0.717, 1.165) is 45.4 Å². The van der Waals surface area contributed by atoms with Crippen LogP contribution in [0.3, 0.4) is 0 Å². The zero-order chi connectivity index (χ0) is 17.8. The molecule has 1 unspecified atom stereocenters. The van der Waals surface area contributed by atoms with Gasteiger partial charge in [-0.3, -0.25) is 10.1 Å². The second-order valence-electron chi connectivity index (χ2n) is 6.86. The number of hydrogen-bond donors (Lipinski definition) is 0. The highest BCUT2D eigenvalue weighted by Crippen LogP contribution is 2.33. The van der Waals surface area contributed by atoms with Crippen LogP contribution in [-0.4, -0.2) is 53.2 Å². The van der Waals surface area contributed by atoms with Crippen molar-refractivity contribution in [3.8, 4) is 0 Å². The number of rotatable bonds is 6. The molecule has 0 radical (unpaired) electrons. The smallest absolute Gasteiger partial charge is 0.334 e. The average molecular weight is 352 g/mol. The van der Waals surface area contributed by atoms with Crippen molar-refractivity contribution in [3.05, 3.63) is 15.8 Å². The molecule has 3 rings (SSSR count). The molecule has 0 N–H and O–H groups in total. The number of aromatic nitrogens is 2. The van der Waals surface area contributed by atoms with Crippen molar-refractivity contribution >= 4 is 11.5 Å². The minimum absolute atomic E-state index is 0.153. The summed E-state index contributed by atoms with van der Waals surface area (Å²) in [5, 5.41) is 15.8. The summed E-state index contributed by atoms with van der Waals surface area (Å²) in [6.07, 6.45) is 6.20. The van der Waals surface area contributed by atoms with Crippen LogP contribution in [0.15, 0.2) is 0 Å². The number of hydrogen-bond acceptors (Lipinski definition) is 6. The summed E-state index contributed by atoms with van der Waals surface area (Å²) in [6, 6.07) is 0. The number of nitro groups is 1. The van der Waals surface area contributed by atoms with E-state index >= 15 is 0 Å². The molecule has 0 saturated carbocycles. The first-order valence-corrected chi connectivity index (χ1v) is 9.28. The Balaban J connectivity index is 1.57. The predicted molar refractivity (Wildman–Crippen MR) is 94.0 cm³/mol. The summed E-state index contributed by atoms with van der Waals surface area (Å²) in [5.74, 6) is 0.621. The van der Waals surface area contributed by atoms with Gasteiger partial charge < -0.3 is 14.4 Å². The van der Waals surface area contributed by atoms with Gasteiger partial charge in [-0.15, -0.1) is 0 Å². The lowest BCUT2D eigenvalue weighted by Crippen LogP contribution is -2.39. The van der Waals surface area contributed by atoms with E-state index in [-0.39, 0.29) is 22.8 Å². The van der Waals surface area contributed by atoms with Crippen LogP contribution < -0.4 is 4.90 Å². The Morgan fingerprint density at radius 2 is 2.08 bits per heavy atom. The summed E-state index contributed by atoms with van der Waals surface area (Å²) in [5.41, 5.74) is 0.704. The van der Waals surface area contributed by atoms with Crippen molar-refractivity contribution in [1.29, 1.82) is 0 Å². The molecule has 2 aliphatic heterocycles. The third-order valence-electron chi connectivity index (χ3n) is 5.11. The number of nitrogens with zero attached hydrogens (tertiary/aromatic N) is 4. The minimum atomic E-state index is -0.301. The molecule has 2 saturated heterocycles. The molecule has 0 amide bonds. The van der Waals surface area contributed by atoms with Gasteiger partial charge in [0.1, 0.15) is 5.69 Å². The fourth-order valence-corrected chi connectivity index (χ4v) is 3.75. The van der Waals surface area contributed by atoms with Crippen LogP contribution in [0.2, 0.25) is 0 Å². The number of aryl methyl sites for hydroxylation is 2. The predicted octanol–water partition coefficient (Wildman–Crippen LogP) is 2.45.